The minimum Gasteiger partial charge on any atom is -0.390 e. The maximum Gasteiger partial charge on any atom is 0.350 e. The van der Waals surface area contributed by atoms with E-state index in [1.807, 2.05) is 0 Å². The zero-order chi connectivity index (χ0) is 13.2. The van der Waals surface area contributed by atoms with E-state index in [9.17, 15) is 24.8 Å². The number of nitrogens with zero attached hydrogens (tertiary/aromatic N) is 3. The Balaban J connectivity index is 3.43. The summed E-state index contributed by atoms with van der Waals surface area (Å²) in [5, 5.41) is 19.9. The van der Waals surface area contributed by atoms with Crippen molar-refractivity contribution in [3.05, 3.63) is 37.1 Å². The number of nitrogens with two attached hydrogens (primary N) is 1. The number of aromatic nitrogens is 2. The van der Waals surface area contributed by atoms with Crippen LogP contribution in [-0.4, -0.2) is 31.8 Å². The Hall–Kier alpha value is -2.00. The molecule has 9 heteroatoms. The summed E-state index contributed by atoms with van der Waals surface area (Å²) >= 11 is 0. The van der Waals surface area contributed by atoms with Crippen molar-refractivity contribution in [3.63, 3.8) is 0 Å². The van der Waals surface area contributed by atoms with Crippen LogP contribution in [0, 0.1) is 10.1 Å². The molecule has 1 rings (SSSR count). The van der Waals surface area contributed by atoms with Gasteiger partial charge in [0.05, 0.1) is 23.8 Å². The third kappa shape index (κ3) is 2.57. The first-order valence-corrected chi connectivity index (χ1v) is 4.71. The van der Waals surface area contributed by atoms with Gasteiger partial charge in [0.2, 0.25) is 0 Å². The van der Waals surface area contributed by atoms with Gasteiger partial charge in [0, 0.05) is 13.6 Å². The fourth-order valence-corrected chi connectivity index (χ4v) is 1.28. The van der Waals surface area contributed by atoms with Gasteiger partial charge in [0.15, 0.2) is 0 Å². The van der Waals surface area contributed by atoms with Crippen LogP contribution in [0.4, 0.5) is 5.69 Å². The highest BCUT2D eigenvalue weighted by Gasteiger charge is 2.19. The smallest absolute Gasteiger partial charge is 0.350 e. The molecule has 1 aromatic rings. The number of aliphatic hydroxyl groups excluding tert-OH is 1. The van der Waals surface area contributed by atoms with E-state index in [0.29, 0.717) is 4.57 Å². The number of rotatable bonds is 4. The van der Waals surface area contributed by atoms with Crippen molar-refractivity contribution in [2.45, 2.75) is 12.6 Å². The maximum absolute atomic E-state index is 11.6. The van der Waals surface area contributed by atoms with Gasteiger partial charge >= 0.3 is 16.9 Å². The molecular formula is C8H12N4O5. The van der Waals surface area contributed by atoms with Gasteiger partial charge in [-0.15, -0.1) is 0 Å². The van der Waals surface area contributed by atoms with E-state index in [0.717, 1.165) is 10.8 Å². The summed E-state index contributed by atoms with van der Waals surface area (Å²) in [6.45, 7) is -0.526. The SMILES string of the molecule is Cn1cc([N+](=O)[O-])c(=O)n(CC(O)CN)c1=O. The lowest BCUT2D eigenvalue weighted by Crippen LogP contribution is -2.43. The predicted molar refractivity (Wildman–Crippen MR) is 57.7 cm³/mol. The quantitative estimate of drug-likeness (QED) is 0.455. The Labute approximate surface area is 94.9 Å². The lowest BCUT2D eigenvalue weighted by Gasteiger charge is -2.10. The first kappa shape index (κ1) is 13.1. The lowest BCUT2D eigenvalue weighted by molar-refractivity contribution is -0.387. The van der Waals surface area contributed by atoms with Crippen LogP contribution < -0.4 is 17.0 Å². The normalized spacial score (nSPS) is 12.4. The van der Waals surface area contributed by atoms with Crippen LogP contribution in [0.5, 0.6) is 0 Å². The average Bonchev–Trinajstić information content (AvgIpc) is 2.28. The van der Waals surface area contributed by atoms with Crippen LogP contribution in [0.1, 0.15) is 0 Å². The molecule has 0 fully saturated rings. The molecule has 0 aliphatic rings. The van der Waals surface area contributed by atoms with Gasteiger partial charge in [-0.3, -0.25) is 24.0 Å². The van der Waals surface area contributed by atoms with Gasteiger partial charge in [-0.1, -0.05) is 0 Å². The van der Waals surface area contributed by atoms with Crippen LogP contribution in [0.25, 0.3) is 0 Å². The minimum atomic E-state index is -1.11. The number of hydrogen-bond acceptors (Lipinski definition) is 6. The molecule has 1 aromatic heterocycles. The van der Waals surface area contributed by atoms with Gasteiger partial charge in [0.1, 0.15) is 0 Å². The number of aryl methyl sites for hydroxylation is 1. The van der Waals surface area contributed by atoms with Crippen molar-refractivity contribution >= 4 is 5.69 Å². The summed E-state index contributed by atoms with van der Waals surface area (Å²) in [6.07, 6.45) is -0.266. The average molecular weight is 244 g/mol. The Kier molecular flexibility index (Phi) is 3.76. The predicted octanol–water partition coefficient (Wildman–Crippen LogP) is -2.23. The molecule has 0 spiro atoms. The van der Waals surface area contributed by atoms with Crippen molar-refractivity contribution in [1.82, 2.24) is 9.13 Å². The minimum absolute atomic E-state index is 0.154. The molecule has 17 heavy (non-hydrogen) atoms. The van der Waals surface area contributed by atoms with Crippen molar-refractivity contribution < 1.29 is 10.0 Å². The molecule has 3 N–H and O–H groups in total. The molecule has 94 valence electrons. The maximum atomic E-state index is 11.6. The van der Waals surface area contributed by atoms with Crippen molar-refractivity contribution in [3.8, 4) is 0 Å². The highest BCUT2D eigenvalue weighted by atomic mass is 16.6. The molecule has 0 saturated heterocycles. The van der Waals surface area contributed by atoms with E-state index >= 15 is 0 Å². The highest BCUT2D eigenvalue weighted by molar-refractivity contribution is 5.21. The topological polar surface area (TPSA) is 133 Å². The Morgan fingerprint density at radius 3 is 2.65 bits per heavy atom. The van der Waals surface area contributed by atoms with Gasteiger partial charge in [0.25, 0.3) is 0 Å². The Morgan fingerprint density at radius 2 is 2.18 bits per heavy atom. The van der Waals surface area contributed by atoms with Crippen LogP contribution in [0.3, 0.4) is 0 Å². The zero-order valence-electron chi connectivity index (χ0n) is 9.07. The molecule has 1 unspecified atom stereocenters. The molecule has 0 saturated carbocycles. The van der Waals surface area contributed by atoms with E-state index in [2.05, 4.69) is 0 Å². The third-order valence-corrected chi connectivity index (χ3v) is 2.17. The Bertz CT molecular complexity index is 546. The van der Waals surface area contributed by atoms with Gasteiger partial charge in [-0.05, 0) is 0 Å². The van der Waals surface area contributed by atoms with Gasteiger partial charge < -0.3 is 10.8 Å². The summed E-state index contributed by atoms with van der Waals surface area (Å²) in [5.41, 5.74) is 2.63. The summed E-state index contributed by atoms with van der Waals surface area (Å²) in [6, 6.07) is 0. The van der Waals surface area contributed by atoms with E-state index in [4.69, 9.17) is 5.73 Å². The first-order valence-electron chi connectivity index (χ1n) is 4.71. The summed E-state index contributed by atoms with van der Waals surface area (Å²) < 4.78 is 1.50. The zero-order valence-corrected chi connectivity index (χ0v) is 9.07. The molecule has 0 aliphatic heterocycles. The van der Waals surface area contributed by atoms with Crippen molar-refractivity contribution in [1.29, 1.82) is 0 Å². The largest absolute Gasteiger partial charge is 0.390 e. The molecule has 9 nitrogen and oxygen atoms in total. The summed E-state index contributed by atoms with van der Waals surface area (Å²) in [7, 11) is 1.28. The lowest BCUT2D eigenvalue weighted by atomic mass is 10.3. The van der Waals surface area contributed by atoms with Crippen molar-refractivity contribution in [2.75, 3.05) is 6.54 Å². The number of nitro groups is 1. The molecule has 0 amide bonds. The van der Waals surface area contributed by atoms with E-state index in [1.165, 1.54) is 7.05 Å². The van der Waals surface area contributed by atoms with Gasteiger partial charge in [-0.25, -0.2) is 4.79 Å². The molecule has 0 bridgehead atoms. The van der Waals surface area contributed by atoms with Crippen LogP contribution in [0.2, 0.25) is 0 Å². The second-order valence-electron chi connectivity index (χ2n) is 3.47. The van der Waals surface area contributed by atoms with Crippen LogP contribution >= 0.6 is 0 Å². The summed E-state index contributed by atoms with van der Waals surface area (Å²) in [5.74, 6) is 0. The monoisotopic (exact) mass is 244 g/mol. The fraction of sp³-hybridized carbons (Fsp3) is 0.500. The molecular weight excluding hydrogens is 232 g/mol. The Morgan fingerprint density at radius 1 is 1.59 bits per heavy atom. The second-order valence-corrected chi connectivity index (χ2v) is 3.47. The number of aliphatic hydroxyl groups is 1. The molecule has 0 radical (unpaired) electrons. The van der Waals surface area contributed by atoms with E-state index < -0.39 is 28.0 Å². The molecule has 0 aromatic carbocycles. The standard InChI is InChI=1S/C8H12N4O5/c1-10-4-6(12(16)17)7(14)11(8(10)15)3-5(13)2-9/h4-5,13H,2-3,9H2,1H3. The molecule has 1 heterocycles. The highest BCUT2D eigenvalue weighted by Crippen LogP contribution is 1.99. The van der Waals surface area contributed by atoms with Crippen LogP contribution in [-0.2, 0) is 13.6 Å². The number of hydrogen-bond donors (Lipinski definition) is 2. The van der Waals surface area contributed by atoms with Crippen molar-refractivity contribution in [2.24, 2.45) is 12.8 Å². The summed E-state index contributed by atoms with van der Waals surface area (Å²) in [4.78, 5) is 32.9. The van der Waals surface area contributed by atoms with Crippen LogP contribution in [0.15, 0.2) is 15.8 Å². The molecule has 1 atom stereocenters. The fourth-order valence-electron chi connectivity index (χ4n) is 1.28. The van der Waals surface area contributed by atoms with Gasteiger partial charge in [-0.2, -0.15) is 0 Å². The van der Waals surface area contributed by atoms with E-state index in [1.54, 1.807) is 0 Å². The second kappa shape index (κ2) is 4.89. The third-order valence-electron chi connectivity index (χ3n) is 2.17. The first-order chi connectivity index (χ1) is 7.88. The van der Waals surface area contributed by atoms with E-state index in [-0.39, 0.29) is 13.1 Å². The molecule has 0 aliphatic carbocycles.